The molecule has 0 aliphatic heterocycles. The van der Waals surface area contributed by atoms with Crippen LogP contribution in [0, 0.1) is 11.6 Å². The summed E-state index contributed by atoms with van der Waals surface area (Å²) in [6.07, 6.45) is -3.46. The molecule has 0 saturated carbocycles. The lowest BCUT2D eigenvalue weighted by atomic mass is 10.1. The van der Waals surface area contributed by atoms with Gasteiger partial charge in [0.15, 0.2) is 0 Å². The van der Waals surface area contributed by atoms with Crippen LogP contribution in [0.1, 0.15) is 19.4 Å². The molecule has 1 heterocycles. The van der Waals surface area contributed by atoms with Gasteiger partial charge in [-0.1, -0.05) is 48.4 Å². The van der Waals surface area contributed by atoms with E-state index in [1.165, 1.54) is 48.3 Å². The maximum atomic E-state index is 13.7. The Morgan fingerprint density at radius 3 is 2.59 bits per heavy atom. The molecule has 0 aliphatic rings. The van der Waals surface area contributed by atoms with Crippen molar-refractivity contribution in [3.8, 4) is 11.3 Å². The van der Waals surface area contributed by atoms with Crippen molar-refractivity contribution < 1.29 is 36.4 Å². The SMILES string of the molecule is C.CN(C(=O)CCc1cccc(F)c1Cl)[C@@H](CNCC(F)F)COC(=O)Nc1cc(-c2cccc(F)c2)no1. The van der Waals surface area contributed by atoms with Crippen LogP contribution >= 0.6 is 11.6 Å². The lowest BCUT2D eigenvalue weighted by Gasteiger charge is -2.28. The van der Waals surface area contributed by atoms with Crippen LogP contribution < -0.4 is 10.6 Å². The van der Waals surface area contributed by atoms with E-state index in [4.69, 9.17) is 20.9 Å². The smallest absolute Gasteiger partial charge is 0.414 e. The van der Waals surface area contributed by atoms with Crippen LogP contribution in [0.25, 0.3) is 11.3 Å². The number of alkyl halides is 2. The molecule has 0 bridgehead atoms. The van der Waals surface area contributed by atoms with Crippen molar-refractivity contribution >= 4 is 29.5 Å². The fraction of sp³-hybridized carbons (Fsp3) is 0.346. The first-order valence-corrected chi connectivity index (χ1v) is 11.9. The maximum Gasteiger partial charge on any atom is 0.414 e. The van der Waals surface area contributed by atoms with Crippen molar-refractivity contribution in [2.75, 3.05) is 32.1 Å². The Morgan fingerprint density at radius 2 is 1.87 bits per heavy atom. The Bertz CT molecular complexity index is 1240. The number of ether oxygens (including phenoxy) is 1. The van der Waals surface area contributed by atoms with E-state index in [2.05, 4.69) is 15.8 Å². The number of hydrogen-bond donors (Lipinski definition) is 2. The molecule has 2 aromatic carbocycles. The number of aromatic nitrogens is 1. The van der Waals surface area contributed by atoms with Gasteiger partial charge in [0.05, 0.1) is 17.6 Å². The van der Waals surface area contributed by atoms with Crippen LogP contribution in [0.15, 0.2) is 53.1 Å². The van der Waals surface area contributed by atoms with Gasteiger partial charge in [0, 0.05) is 31.6 Å². The average Bonchev–Trinajstić information content (AvgIpc) is 3.34. The van der Waals surface area contributed by atoms with E-state index < -0.39 is 42.6 Å². The number of nitrogens with one attached hydrogen (secondary N) is 2. The lowest BCUT2D eigenvalue weighted by Crippen LogP contribution is -2.47. The number of halogens is 5. The zero-order valence-corrected chi connectivity index (χ0v) is 21.0. The van der Waals surface area contributed by atoms with Gasteiger partial charge in [-0.15, -0.1) is 0 Å². The summed E-state index contributed by atoms with van der Waals surface area (Å²) in [6.45, 7) is -1.05. The van der Waals surface area contributed by atoms with E-state index in [1.807, 2.05) is 0 Å². The van der Waals surface area contributed by atoms with Crippen LogP contribution in [-0.2, 0) is 16.0 Å². The maximum absolute atomic E-state index is 13.7. The highest BCUT2D eigenvalue weighted by Crippen LogP contribution is 2.23. The quantitative estimate of drug-likeness (QED) is 0.267. The standard InChI is InChI=1S/C25H25ClF4N4O4.CH4/c1-34(23(35)9-8-15-4-3-7-19(28)24(15)26)18(12-31-13-21(29)30)14-37-25(36)32-22-11-20(33-38-22)16-5-2-6-17(27)10-16;/h2-7,10-11,18,21,31H,8-9,12-14H2,1H3,(H,32,36);1H4/t18-;/m0./s1. The van der Waals surface area contributed by atoms with Gasteiger partial charge in [0.1, 0.15) is 23.9 Å². The summed E-state index contributed by atoms with van der Waals surface area (Å²) >= 11 is 5.94. The molecule has 0 fully saturated rings. The Balaban J connectivity index is 0.00000533. The molecule has 2 amide bonds. The number of carbonyl (C=O) groups is 2. The normalized spacial score (nSPS) is 11.6. The van der Waals surface area contributed by atoms with Gasteiger partial charge in [-0.25, -0.2) is 22.4 Å². The lowest BCUT2D eigenvalue weighted by molar-refractivity contribution is -0.132. The topological polar surface area (TPSA) is 96.7 Å². The highest BCUT2D eigenvalue weighted by atomic mass is 35.5. The van der Waals surface area contributed by atoms with Crippen LogP contribution in [0.4, 0.5) is 28.2 Å². The van der Waals surface area contributed by atoms with Crippen molar-refractivity contribution in [3.05, 3.63) is 70.8 Å². The first kappa shape index (κ1) is 31.6. The summed E-state index contributed by atoms with van der Waals surface area (Å²) in [5.41, 5.74) is 1.15. The Morgan fingerprint density at radius 1 is 1.13 bits per heavy atom. The second kappa shape index (κ2) is 15.1. The molecule has 2 N–H and O–H groups in total. The molecule has 13 heteroatoms. The molecule has 39 heavy (non-hydrogen) atoms. The third-order valence-corrected chi connectivity index (χ3v) is 5.95. The van der Waals surface area contributed by atoms with Crippen molar-refractivity contribution in [2.45, 2.75) is 32.7 Å². The van der Waals surface area contributed by atoms with Gasteiger partial charge in [0.2, 0.25) is 11.8 Å². The van der Waals surface area contributed by atoms with Gasteiger partial charge in [-0.05, 0) is 30.2 Å². The third-order valence-electron chi connectivity index (χ3n) is 5.52. The van der Waals surface area contributed by atoms with Gasteiger partial charge < -0.3 is 19.5 Å². The summed E-state index contributed by atoms with van der Waals surface area (Å²) in [4.78, 5) is 26.3. The molecular weight excluding hydrogens is 544 g/mol. The van der Waals surface area contributed by atoms with Crippen molar-refractivity contribution in [1.82, 2.24) is 15.4 Å². The summed E-state index contributed by atoms with van der Waals surface area (Å²) in [5.74, 6) is -1.54. The zero-order valence-electron chi connectivity index (χ0n) is 20.2. The number of benzene rings is 2. The van der Waals surface area contributed by atoms with Gasteiger partial charge >= 0.3 is 6.09 Å². The monoisotopic (exact) mass is 572 g/mol. The fourth-order valence-electron chi connectivity index (χ4n) is 3.46. The first-order valence-electron chi connectivity index (χ1n) is 11.5. The van der Waals surface area contributed by atoms with E-state index >= 15 is 0 Å². The predicted octanol–water partition coefficient (Wildman–Crippen LogP) is 5.77. The summed E-state index contributed by atoms with van der Waals surface area (Å²) < 4.78 is 62.5. The minimum absolute atomic E-state index is 0. The van der Waals surface area contributed by atoms with Crippen LogP contribution in [0.5, 0.6) is 0 Å². The van der Waals surface area contributed by atoms with Gasteiger partial charge in [0.25, 0.3) is 6.43 Å². The van der Waals surface area contributed by atoms with E-state index in [9.17, 15) is 27.2 Å². The Kier molecular flexibility index (Phi) is 12.2. The predicted molar refractivity (Wildman–Crippen MR) is 139 cm³/mol. The van der Waals surface area contributed by atoms with E-state index in [0.717, 1.165) is 0 Å². The molecular formula is C26H29ClF4N4O4. The van der Waals surface area contributed by atoms with Crippen molar-refractivity contribution in [2.24, 2.45) is 0 Å². The summed E-state index contributed by atoms with van der Waals surface area (Å²) in [7, 11) is 1.44. The molecule has 0 saturated heterocycles. The molecule has 1 aromatic heterocycles. The Labute approximate surface area is 228 Å². The van der Waals surface area contributed by atoms with Crippen molar-refractivity contribution in [1.29, 1.82) is 0 Å². The average molecular weight is 573 g/mol. The van der Waals surface area contributed by atoms with Crippen LogP contribution in [0.3, 0.4) is 0 Å². The highest BCUT2D eigenvalue weighted by Gasteiger charge is 2.23. The van der Waals surface area contributed by atoms with Gasteiger partial charge in [-0.2, -0.15) is 0 Å². The van der Waals surface area contributed by atoms with Gasteiger partial charge in [-0.3, -0.25) is 10.1 Å². The minimum Gasteiger partial charge on any atom is -0.447 e. The number of likely N-dealkylation sites (N-methyl/N-ethyl adjacent to an activating group) is 1. The first-order chi connectivity index (χ1) is 18.1. The molecule has 3 aromatic rings. The number of carbonyl (C=O) groups excluding carboxylic acids is 2. The largest absolute Gasteiger partial charge is 0.447 e. The van der Waals surface area contributed by atoms with Crippen LogP contribution in [0.2, 0.25) is 5.02 Å². The molecule has 1 atom stereocenters. The number of nitrogens with zero attached hydrogens (tertiary/aromatic N) is 2. The van der Waals surface area contributed by atoms with E-state index in [-0.39, 0.29) is 50.0 Å². The molecule has 0 aliphatic carbocycles. The number of amides is 2. The number of hydrogen-bond acceptors (Lipinski definition) is 6. The second-order valence-electron chi connectivity index (χ2n) is 8.23. The number of aryl methyl sites for hydroxylation is 1. The summed E-state index contributed by atoms with van der Waals surface area (Å²) in [6, 6.07) is 10.5. The second-order valence-corrected chi connectivity index (χ2v) is 8.61. The van der Waals surface area contributed by atoms with Crippen LogP contribution in [-0.4, -0.2) is 61.3 Å². The number of anilines is 1. The minimum atomic E-state index is -2.62. The molecule has 3 rings (SSSR count). The fourth-order valence-corrected chi connectivity index (χ4v) is 3.68. The molecule has 212 valence electrons. The molecule has 0 unspecified atom stereocenters. The van der Waals surface area contributed by atoms with Crippen molar-refractivity contribution in [3.63, 3.8) is 0 Å². The number of rotatable bonds is 12. The highest BCUT2D eigenvalue weighted by molar-refractivity contribution is 6.31. The third kappa shape index (κ3) is 9.56. The van der Waals surface area contributed by atoms with E-state index in [0.29, 0.717) is 11.1 Å². The van der Waals surface area contributed by atoms with E-state index in [1.54, 1.807) is 12.1 Å². The zero-order chi connectivity index (χ0) is 27.7. The molecule has 8 nitrogen and oxygen atoms in total. The molecule has 0 spiro atoms. The molecule has 0 radical (unpaired) electrons. The summed E-state index contributed by atoms with van der Waals surface area (Å²) in [5, 5.41) is 8.53. The Hall–Kier alpha value is -3.64.